The summed E-state index contributed by atoms with van der Waals surface area (Å²) in [4.78, 5) is 21.9. The van der Waals surface area contributed by atoms with Crippen molar-refractivity contribution in [2.75, 3.05) is 13.1 Å². The third-order valence-corrected chi connectivity index (χ3v) is 5.59. The molecule has 0 radical (unpaired) electrons. The molecular weight excluding hydrogens is 366 g/mol. The number of likely N-dealkylation sites (tertiary alicyclic amines) is 1. The monoisotopic (exact) mass is 389 g/mol. The Morgan fingerprint density at radius 3 is 2.76 bits per heavy atom. The lowest BCUT2D eigenvalue weighted by Gasteiger charge is -2.31. The lowest BCUT2D eigenvalue weighted by atomic mass is 10.0. The van der Waals surface area contributed by atoms with Crippen molar-refractivity contribution < 1.29 is 0 Å². The van der Waals surface area contributed by atoms with Crippen LogP contribution in [0.25, 0.3) is 11.0 Å². The summed E-state index contributed by atoms with van der Waals surface area (Å²) in [6.45, 7) is 3.33. The minimum Gasteiger partial charge on any atom is -0.306 e. The van der Waals surface area contributed by atoms with Gasteiger partial charge in [0.05, 0.1) is 29.5 Å². The highest BCUT2D eigenvalue weighted by atomic mass is 16.1. The highest BCUT2D eigenvalue weighted by molar-refractivity contribution is 5.75. The van der Waals surface area contributed by atoms with E-state index in [1.807, 2.05) is 58.0 Å². The second-order valence-electron chi connectivity index (χ2n) is 7.59. The number of rotatable bonds is 5. The van der Waals surface area contributed by atoms with E-state index < -0.39 is 0 Å². The first-order chi connectivity index (χ1) is 14.3. The molecule has 0 unspecified atom stereocenters. The molecule has 1 aromatic carbocycles. The molecule has 0 aliphatic carbocycles. The third kappa shape index (κ3) is 3.71. The van der Waals surface area contributed by atoms with E-state index >= 15 is 0 Å². The molecule has 29 heavy (non-hydrogen) atoms. The van der Waals surface area contributed by atoms with Crippen LogP contribution >= 0.6 is 0 Å². The maximum absolute atomic E-state index is 12.4. The number of piperidine rings is 1. The number of para-hydroxylation sites is 2. The molecule has 0 bridgehead atoms. The van der Waals surface area contributed by atoms with Gasteiger partial charge in [0.15, 0.2) is 0 Å². The van der Waals surface area contributed by atoms with Gasteiger partial charge in [0.2, 0.25) is 0 Å². The Labute approximate surface area is 167 Å². The fraction of sp³-hybridized carbons (Fsp3) is 0.333. The smallest absolute Gasteiger partial charge is 0.306 e. The van der Waals surface area contributed by atoms with Gasteiger partial charge in [-0.1, -0.05) is 23.4 Å². The van der Waals surface area contributed by atoms with Gasteiger partial charge in [0, 0.05) is 38.1 Å². The molecule has 5 rings (SSSR count). The first-order valence-electron chi connectivity index (χ1n) is 9.96. The summed E-state index contributed by atoms with van der Waals surface area (Å²) in [6, 6.07) is 12.1. The van der Waals surface area contributed by atoms with Gasteiger partial charge < -0.3 is 4.98 Å². The number of fused-ring (bicyclic) bond motifs is 1. The van der Waals surface area contributed by atoms with E-state index in [0.29, 0.717) is 6.54 Å². The molecule has 1 N–H and O–H groups in total. The summed E-state index contributed by atoms with van der Waals surface area (Å²) in [5.41, 5.74) is 3.97. The Bertz CT molecular complexity index is 1150. The Kier molecular flexibility index (Phi) is 4.69. The van der Waals surface area contributed by atoms with Crippen LogP contribution in [-0.2, 0) is 13.1 Å². The lowest BCUT2D eigenvalue weighted by Crippen LogP contribution is -2.36. The van der Waals surface area contributed by atoms with Gasteiger partial charge in [-0.3, -0.25) is 14.5 Å². The van der Waals surface area contributed by atoms with Gasteiger partial charge in [-0.05, 0) is 36.6 Å². The quantitative estimate of drug-likeness (QED) is 0.566. The molecule has 1 aliphatic heterocycles. The van der Waals surface area contributed by atoms with Gasteiger partial charge in [-0.2, -0.15) is 0 Å². The van der Waals surface area contributed by atoms with E-state index in [9.17, 15) is 4.79 Å². The largest absolute Gasteiger partial charge is 0.326 e. The summed E-state index contributed by atoms with van der Waals surface area (Å²) in [5, 5.41) is 8.56. The number of aromatic nitrogens is 6. The summed E-state index contributed by atoms with van der Waals surface area (Å²) in [5.74, 6) is 0. The molecular formula is C21H23N7O. The molecule has 8 nitrogen and oxygen atoms in total. The van der Waals surface area contributed by atoms with Crippen molar-refractivity contribution >= 4 is 11.0 Å². The van der Waals surface area contributed by atoms with Crippen LogP contribution in [-0.4, -0.2) is 47.5 Å². The van der Waals surface area contributed by atoms with Gasteiger partial charge in [0.1, 0.15) is 0 Å². The van der Waals surface area contributed by atoms with Gasteiger partial charge in [-0.15, -0.1) is 5.10 Å². The molecule has 0 amide bonds. The van der Waals surface area contributed by atoms with Crippen molar-refractivity contribution in [3.8, 4) is 0 Å². The number of benzene rings is 1. The summed E-state index contributed by atoms with van der Waals surface area (Å²) < 4.78 is 3.78. The van der Waals surface area contributed by atoms with Crippen LogP contribution in [0.3, 0.4) is 0 Å². The zero-order valence-corrected chi connectivity index (χ0v) is 16.1. The zero-order valence-electron chi connectivity index (χ0n) is 16.1. The van der Waals surface area contributed by atoms with Crippen LogP contribution < -0.4 is 5.69 Å². The topological polar surface area (TPSA) is 84.6 Å². The molecule has 4 heterocycles. The predicted molar refractivity (Wildman–Crippen MR) is 109 cm³/mol. The van der Waals surface area contributed by atoms with Crippen LogP contribution in [0, 0.1) is 0 Å². The number of hydrogen-bond acceptors (Lipinski definition) is 5. The fourth-order valence-electron chi connectivity index (χ4n) is 4.17. The Balaban J connectivity index is 1.21. The predicted octanol–water partition coefficient (Wildman–Crippen LogP) is 2.20. The first-order valence-corrected chi connectivity index (χ1v) is 9.96. The van der Waals surface area contributed by atoms with Crippen LogP contribution in [0.15, 0.2) is 59.8 Å². The van der Waals surface area contributed by atoms with E-state index in [1.165, 1.54) is 0 Å². The summed E-state index contributed by atoms with van der Waals surface area (Å²) >= 11 is 0. The maximum atomic E-state index is 12.4. The Morgan fingerprint density at radius 1 is 1.07 bits per heavy atom. The van der Waals surface area contributed by atoms with Crippen molar-refractivity contribution in [2.24, 2.45) is 0 Å². The van der Waals surface area contributed by atoms with Crippen LogP contribution in [0.5, 0.6) is 0 Å². The molecule has 8 heteroatoms. The highest BCUT2D eigenvalue weighted by Gasteiger charge is 2.24. The highest BCUT2D eigenvalue weighted by Crippen LogP contribution is 2.25. The second-order valence-corrected chi connectivity index (χ2v) is 7.59. The van der Waals surface area contributed by atoms with E-state index in [0.717, 1.165) is 54.8 Å². The second kappa shape index (κ2) is 7.63. The van der Waals surface area contributed by atoms with Gasteiger partial charge >= 0.3 is 5.69 Å². The standard InChI is InChI=1S/C21H23N7O/c29-21-23-19-5-1-2-6-20(19)28(21)18-7-10-26(11-8-18)14-17-15-27(25-24-17)13-16-4-3-9-22-12-16/h1-6,9,12,15,18H,7-8,10-11,13-14H2,(H,23,29). The number of H-pyrrole nitrogens is 1. The third-order valence-electron chi connectivity index (χ3n) is 5.59. The van der Waals surface area contributed by atoms with E-state index in [-0.39, 0.29) is 11.7 Å². The Morgan fingerprint density at radius 2 is 1.93 bits per heavy atom. The van der Waals surface area contributed by atoms with Crippen molar-refractivity contribution in [3.63, 3.8) is 0 Å². The first kappa shape index (κ1) is 17.8. The number of nitrogens with zero attached hydrogens (tertiary/aromatic N) is 6. The molecule has 0 spiro atoms. The van der Waals surface area contributed by atoms with Crippen LogP contribution in [0.4, 0.5) is 0 Å². The molecule has 148 valence electrons. The number of pyridine rings is 1. The van der Waals surface area contributed by atoms with Gasteiger partial charge in [-0.25, -0.2) is 9.48 Å². The van der Waals surface area contributed by atoms with Crippen molar-refractivity contribution in [1.29, 1.82) is 0 Å². The van der Waals surface area contributed by atoms with E-state index in [1.54, 1.807) is 6.20 Å². The summed E-state index contributed by atoms with van der Waals surface area (Å²) in [6.07, 6.45) is 7.52. The average Bonchev–Trinajstić information content (AvgIpc) is 3.32. The minimum atomic E-state index is -0.0111. The van der Waals surface area contributed by atoms with E-state index in [2.05, 4.69) is 25.2 Å². The number of aromatic amines is 1. The average molecular weight is 389 g/mol. The van der Waals surface area contributed by atoms with Crippen molar-refractivity contribution in [2.45, 2.75) is 32.0 Å². The van der Waals surface area contributed by atoms with E-state index in [4.69, 9.17) is 0 Å². The normalized spacial score (nSPS) is 15.9. The molecule has 4 aromatic rings. The zero-order chi connectivity index (χ0) is 19.6. The lowest BCUT2D eigenvalue weighted by molar-refractivity contribution is 0.178. The maximum Gasteiger partial charge on any atom is 0.326 e. The number of nitrogens with one attached hydrogen (secondary N) is 1. The molecule has 1 aliphatic rings. The molecule has 3 aromatic heterocycles. The fourth-order valence-corrected chi connectivity index (χ4v) is 4.17. The van der Waals surface area contributed by atoms with Gasteiger partial charge in [0.25, 0.3) is 0 Å². The molecule has 0 saturated carbocycles. The minimum absolute atomic E-state index is 0.0111. The van der Waals surface area contributed by atoms with Crippen LogP contribution in [0.1, 0.15) is 30.1 Å². The SMILES string of the molecule is O=c1[nH]c2ccccc2n1C1CCN(Cc2cn(Cc3cccnc3)nn2)CC1. The van der Waals surface area contributed by atoms with Crippen molar-refractivity contribution in [1.82, 2.24) is 34.4 Å². The molecule has 1 saturated heterocycles. The Hall–Kier alpha value is -3.26. The van der Waals surface area contributed by atoms with Crippen LogP contribution in [0.2, 0.25) is 0 Å². The number of imidazole rings is 1. The molecule has 1 fully saturated rings. The molecule has 0 atom stereocenters. The summed E-state index contributed by atoms with van der Waals surface area (Å²) in [7, 11) is 0. The van der Waals surface area contributed by atoms with Crippen molar-refractivity contribution in [3.05, 3.63) is 76.7 Å². The number of hydrogen-bond donors (Lipinski definition) is 1.